The fourth-order valence-corrected chi connectivity index (χ4v) is 3.52. The summed E-state index contributed by atoms with van der Waals surface area (Å²) in [6.07, 6.45) is 0. The Morgan fingerprint density at radius 1 is 1.23 bits per heavy atom. The molecule has 0 spiro atoms. The summed E-state index contributed by atoms with van der Waals surface area (Å²) >= 11 is 0.681. The molecule has 22 heavy (non-hydrogen) atoms. The summed E-state index contributed by atoms with van der Waals surface area (Å²) < 4.78 is 26.3. The number of anilines is 2. The van der Waals surface area contributed by atoms with E-state index in [1.807, 2.05) is 0 Å². The van der Waals surface area contributed by atoms with E-state index >= 15 is 0 Å². The Balaban J connectivity index is 2.30. The Morgan fingerprint density at radius 3 is 2.55 bits per heavy atom. The van der Waals surface area contributed by atoms with Crippen LogP contribution in [0.25, 0.3) is 0 Å². The second-order valence-electron chi connectivity index (χ2n) is 4.07. The van der Waals surface area contributed by atoms with Crippen molar-refractivity contribution in [1.82, 2.24) is 10.2 Å². The van der Waals surface area contributed by atoms with Crippen LogP contribution in [0.2, 0.25) is 0 Å². The van der Waals surface area contributed by atoms with Gasteiger partial charge in [0, 0.05) is 6.92 Å². The molecule has 0 saturated carbocycles. The van der Waals surface area contributed by atoms with Crippen molar-refractivity contribution < 1.29 is 18.0 Å². The van der Waals surface area contributed by atoms with Crippen LogP contribution in [0.15, 0.2) is 28.6 Å². The molecule has 4 N–H and O–H groups in total. The minimum atomic E-state index is -4.05. The lowest BCUT2D eigenvalue weighted by molar-refractivity contribution is -0.114. The summed E-state index contributed by atoms with van der Waals surface area (Å²) in [5.74, 6) is -1.17. The normalized spacial score (nSPS) is 11.0. The molecule has 0 atom stereocenters. The topological polar surface area (TPSA) is 144 Å². The van der Waals surface area contributed by atoms with Gasteiger partial charge in [0.05, 0.1) is 11.3 Å². The molecular formula is C11H11N5O4S2. The Hall–Kier alpha value is -2.53. The predicted octanol–water partition coefficient (Wildman–Crippen LogP) is 0.396. The number of aromatic nitrogens is 2. The standard InChI is InChI=1S/C11H11N5O4S2/c1-6(17)13-10-14-15-11(21-10)22(19,20)16-8-5-3-2-4-7(8)9(12)18/h2-5,16H,1H3,(H2,12,18)(H,13,14,17). The molecule has 2 rings (SSSR count). The first-order valence-electron chi connectivity index (χ1n) is 5.82. The molecule has 1 heterocycles. The highest BCUT2D eigenvalue weighted by molar-refractivity contribution is 7.94. The van der Waals surface area contributed by atoms with Crippen LogP contribution in [0.4, 0.5) is 10.8 Å². The number of hydrogen-bond acceptors (Lipinski definition) is 7. The third kappa shape index (κ3) is 3.56. The Labute approximate surface area is 129 Å². The number of carbonyl (C=O) groups excluding carboxylic acids is 2. The Kier molecular flexibility index (Phi) is 4.37. The number of sulfonamides is 1. The van der Waals surface area contributed by atoms with Gasteiger partial charge in [0.2, 0.25) is 11.0 Å². The third-order valence-electron chi connectivity index (χ3n) is 2.36. The first kappa shape index (κ1) is 15.9. The SMILES string of the molecule is CC(=O)Nc1nnc(S(=O)(=O)Nc2ccccc2C(N)=O)s1. The first-order valence-corrected chi connectivity index (χ1v) is 8.12. The van der Waals surface area contributed by atoms with E-state index in [0.29, 0.717) is 11.3 Å². The van der Waals surface area contributed by atoms with Gasteiger partial charge < -0.3 is 11.1 Å². The fourth-order valence-electron chi connectivity index (χ4n) is 1.49. The molecule has 2 amide bonds. The van der Waals surface area contributed by atoms with E-state index in [-0.39, 0.29) is 20.7 Å². The quantitative estimate of drug-likeness (QED) is 0.671. The summed E-state index contributed by atoms with van der Waals surface area (Å²) in [6, 6.07) is 5.89. The predicted molar refractivity (Wildman–Crippen MR) is 80.0 cm³/mol. The molecule has 0 saturated heterocycles. The van der Waals surface area contributed by atoms with Crippen molar-refractivity contribution in [3.8, 4) is 0 Å². The van der Waals surface area contributed by atoms with Crippen LogP contribution in [0.3, 0.4) is 0 Å². The lowest BCUT2D eigenvalue weighted by atomic mass is 10.2. The molecule has 1 aromatic carbocycles. The number of nitrogens with one attached hydrogen (secondary N) is 2. The summed E-state index contributed by atoms with van der Waals surface area (Å²) in [7, 11) is -4.05. The zero-order valence-electron chi connectivity index (χ0n) is 11.2. The van der Waals surface area contributed by atoms with Crippen LogP contribution in [0.1, 0.15) is 17.3 Å². The summed E-state index contributed by atoms with van der Waals surface area (Å²) in [4.78, 5) is 22.2. The monoisotopic (exact) mass is 341 g/mol. The van der Waals surface area contributed by atoms with E-state index in [9.17, 15) is 18.0 Å². The van der Waals surface area contributed by atoms with Crippen molar-refractivity contribution in [3.63, 3.8) is 0 Å². The van der Waals surface area contributed by atoms with E-state index in [1.54, 1.807) is 12.1 Å². The first-order chi connectivity index (χ1) is 10.3. The number of para-hydroxylation sites is 1. The molecule has 0 fully saturated rings. The van der Waals surface area contributed by atoms with Crippen molar-refractivity contribution >= 4 is 44.0 Å². The lowest BCUT2D eigenvalue weighted by Gasteiger charge is -2.08. The molecule has 116 valence electrons. The number of nitrogens with two attached hydrogens (primary N) is 1. The Bertz CT molecular complexity index is 831. The molecule has 9 nitrogen and oxygen atoms in total. The molecule has 1 aromatic heterocycles. The average molecular weight is 341 g/mol. The zero-order valence-corrected chi connectivity index (χ0v) is 12.9. The van der Waals surface area contributed by atoms with E-state index in [4.69, 9.17) is 5.73 Å². The number of rotatable bonds is 5. The van der Waals surface area contributed by atoms with Gasteiger partial charge in [-0.05, 0) is 12.1 Å². The van der Waals surface area contributed by atoms with Crippen LogP contribution in [0.5, 0.6) is 0 Å². The zero-order chi connectivity index (χ0) is 16.3. The van der Waals surface area contributed by atoms with Crippen molar-refractivity contribution in [1.29, 1.82) is 0 Å². The van der Waals surface area contributed by atoms with Gasteiger partial charge in [0.15, 0.2) is 0 Å². The maximum absolute atomic E-state index is 12.2. The number of amides is 2. The number of benzene rings is 1. The van der Waals surface area contributed by atoms with E-state index in [2.05, 4.69) is 20.2 Å². The molecule has 2 aromatic rings. The highest BCUT2D eigenvalue weighted by Crippen LogP contribution is 2.24. The second-order valence-corrected chi connectivity index (χ2v) is 6.90. The number of primary amides is 1. The van der Waals surface area contributed by atoms with Crippen LogP contribution in [-0.4, -0.2) is 30.4 Å². The Morgan fingerprint density at radius 2 is 1.91 bits per heavy atom. The largest absolute Gasteiger partial charge is 0.366 e. The molecular weight excluding hydrogens is 330 g/mol. The van der Waals surface area contributed by atoms with Gasteiger partial charge in [0.25, 0.3) is 20.3 Å². The summed E-state index contributed by atoms with van der Waals surface area (Å²) in [5.41, 5.74) is 5.24. The van der Waals surface area contributed by atoms with Crippen molar-refractivity contribution in [3.05, 3.63) is 29.8 Å². The van der Waals surface area contributed by atoms with Gasteiger partial charge in [-0.2, -0.15) is 8.42 Å². The third-order valence-corrected chi connectivity index (χ3v) is 4.93. The van der Waals surface area contributed by atoms with Crippen LogP contribution >= 0.6 is 11.3 Å². The average Bonchev–Trinajstić information content (AvgIpc) is 2.87. The fraction of sp³-hybridized carbons (Fsp3) is 0.0909. The van der Waals surface area contributed by atoms with Gasteiger partial charge in [-0.1, -0.05) is 23.5 Å². The van der Waals surface area contributed by atoms with Crippen molar-refractivity contribution in [2.24, 2.45) is 5.73 Å². The molecule has 11 heteroatoms. The highest BCUT2D eigenvalue weighted by Gasteiger charge is 2.22. The molecule has 0 bridgehead atoms. The minimum absolute atomic E-state index is 0.0256. The second kappa shape index (κ2) is 6.07. The van der Waals surface area contributed by atoms with Crippen LogP contribution in [0, 0.1) is 0 Å². The lowest BCUT2D eigenvalue weighted by Crippen LogP contribution is -2.18. The number of carbonyl (C=O) groups is 2. The number of hydrogen-bond donors (Lipinski definition) is 3. The summed E-state index contributed by atoms with van der Waals surface area (Å²) in [6.45, 7) is 1.26. The van der Waals surface area contributed by atoms with E-state index < -0.39 is 21.8 Å². The number of nitrogens with zero attached hydrogens (tertiary/aromatic N) is 2. The molecule has 0 aliphatic carbocycles. The van der Waals surface area contributed by atoms with Crippen molar-refractivity contribution in [2.75, 3.05) is 10.0 Å². The maximum Gasteiger partial charge on any atom is 0.291 e. The molecule has 0 aliphatic heterocycles. The van der Waals surface area contributed by atoms with E-state index in [0.717, 1.165) is 0 Å². The van der Waals surface area contributed by atoms with Crippen molar-refractivity contribution in [2.45, 2.75) is 11.3 Å². The van der Waals surface area contributed by atoms with Gasteiger partial charge in [-0.3, -0.25) is 14.3 Å². The minimum Gasteiger partial charge on any atom is -0.366 e. The van der Waals surface area contributed by atoms with E-state index in [1.165, 1.54) is 19.1 Å². The van der Waals surface area contributed by atoms with Gasteiger partial charge in [0.1, 0.15) is 0 Å². The highest BCUT2D eigenvalue weighted by atomic mass is 32.2. The smallest absolute Gasteiger partial charge is 0.291 e. The maximum atomic E-state index is 12.2. The van der Waals surface area contributed by atoms with Gasteiger partial charge in [-0.15, -0.1) is 10.2 Å². The van der Waals surface area contributed by atoms with Gasteiger partial charge >= 0.3 is 0 Å². The van der Waals surface area contributed by atoms with Crippen LogP contribution < -0.4 is 15.8 Å². The molecule has 0 aliphatic rings. The molecule has 0 radical (unpaired) electrons. The summed E-state index contributed by atoms with van der Waals surface area (Å²) in [5, 5.41) is 9.43. The van der Waals surface area contributed by atoms with Crippen LogP contribution in [-0.2, 0) is 14.8 Å². The molecule has 0 unspecified atom stereocenters. The van der Waals surface area contributed by atoms with Gasteiger partial charge in [-0.25, -0.2) is 0 Å².